The molecule has 17 heavy (non-hydrogen) atoms. The van der Waals surface area contributed by atoms with Crippen LogP contribution in [0.1, 0.15) is 31.9 Å². The Morgan fingerprint density at radius 1 is 1.47 bits per heavy atom. The van der Waals surface area contributed by atoms with E-state index in [9.17, 15) is 4.39 Å². The van der Waals surface area contributed by atoms with Crippen LogP contribution < -0.4 is 10.1 Å². The van der Waals surface area contributed by atoms with E-state index in [0.29, 0.717) is 11.3 Å². The normalized spacial score (nSPS) is 14.4. The van der Waals surface area contributed by atoms with Crippen molar-refractivity contribution in [3.63, 3.8) is 0 Å². The van der Waals surface area contributed by atoms with Gasteiger partial charge in [-0.15, -0.1) is 0 Å². The minimum absolute atomic E-state index is 0.00787. The topological polar surface area (TPSA) is 41.5 Å². The fourth-order valence-electron chi connectivity index (χ4n) is 1.73. The van der Waals surface area contributed by atoms with Crippen LogP contribution in [-0.4, -0.2) is 24.9 Å². The Morgan fingerprint density at radius 2 is 2.18 bits per heavy atom. The molecule has 2 N–H and O–H groups in total. The standard InChI is InChI=1S/C13H20FNO2/c1-4-10(8-16)15-9(2)12-6-5-11(17-3)7-13(12)14/h5-7,9-10,15-16H,4,8H2,1-3H3/t9?,10-/m1/s1. The number of benzene rings is 1. The summed E-state index contributed by atoms with van der Waals surface area (Å²) < 4.78 is 18.7. The molecule has 0 saturated heterocycles. The number of ether oxygens (including phenoxy) is 1. The van der Waals surface area contributed by atoms with E-state index in [4.69, 9.17) is 9.84 Å². The Kier molecular flexibility index (Phi) is 5.38. The molecule has 2 atom stereocenters. The second-order valence-corrected chi connectivity index (χ2v) is 4.06. The predicted octanol–water partition coefficient (Wildman–Crippen LogP) is 2.26. The van der Waals surface area contributed by atoms with E-state index in [1.54, 1.807) is 12.1 Å². The zero-order valence-corrected chi connectivity index (χ0v) is 10.5. The van der Waals surface area contributed by atoms with E-state index in [0.717, 1.165) is 6.42 Å². The lowest BCUT2D eigenvalue weighted by Gasteiger charge is -2.21. The Bertz CT molecular complexity index is 353. The summed E-state index contributed by atoms with van der Waals surface area (Å²) >= 11 is 0. The van der Waals surface area contributed by atoms with E-state index >= 15 is 0 Å². The van der Waals surface area contributed by atoms with Crippen LogP contribution in [-0.2, 0) is 0 Å². The van der Waals surface area contributed by atoms with Crippen LogP contribution in [0.2, 0.25) is 0 Å². The van der Waals surface area contributed by atoms with Crippen LogP contribution in [0.25, 0.3) is 0 Å². The van der Waals surface area contributed by atoms with Gasteiger partial charge in [-0.25, -0.2) is 4.39 Å². The summed E-state index contributed by atoms with van der Waals surface area (Å²) in [5, 5.41) is 12.3. The van der Waals surface area contributed by atoms with E-state index in [1.165, 1.54) is 13.2 Å². The average molecular weight is 241 g/mol. The maximum atomic E-state index is 13.8. The Hall–Kier alpha value is -1.13. The van der Waals surface area contributed by atoms with Gasteiger partial charge >= 0.3 is 0 Å². The van der Waals surface area contributed by atoms with Crippen molar-refractivity contribution in [2.75, 3.05) is 13.7 Å². The van der Waals surface area contributed by atoms with Gasteiger partial charge in [0.1, 0.15) is 11.6 Å². The molecule has 0 aliphatic heterocycles. The number of aliphatic hydroxyl groups is 1. The highest BCUT2D eigenvalue weighted by molar-refractivity contribution is 5.30. The van der Waals surface area contributed by atoms with Gasteiger partial charge in [0.15, 0.2) is 0 Å². The first kappa shape index (κ1) is 13.9. The monoisotopic (exact) mass is 241 g/mol. The van der Waals surface area contributed by atoms with Crippen LogP contribution in [0.4, 0.5) is 4.39 Å². The third-order valence-corrected chi connectivity index (χ3v) is 2.87. The molecule has 1 aromatic carbocycles. The second kappa shape index (κ2) is 6.57. The lowest BCUT2D eigenvalue weighted by Crippen LogP contribution is -2.34. The van der Waals surface area contributed by atoms with Gasteiger partial charge in [0.25, 0.3) is 0 Å². The van der Waals surface area contributed by atoms with Crippen LogP contribution in [0.3, 0.4) is 0 Å². The molecule has 1 rings (SSSR count). The third-order valence-electron chi connectivity index (χ3n) is 2.87. The van der Waals surface area contributed by atoms with Gasteiger partial charge in [-0.05, 0) is 19.4 Å². The first-order valence-corrected chi connectivity index (χ1v) is 5.82. The number of hydrogen-bond donors (Lipinski definition) is 2. The van der Waals surface area contributed by atoms with Crippen molar-refractivity contribution in [1.29, 1.82) is 0 Å². The molecule has 0 fully saturated rings. The van der Waals surface area contributed by atoms with Crippen LogP contribution in [0, 0.1) is 5.82 Å². The largest absolute Gasteiger partial charge is 0.497 e. The number of hydrogen-bond acceptors (Lipinski definition) is 3. The zero-order valence-electron chi connectivity index (χ0n) is 10.5. The maximum Gasteiger partial charge on any atom is 0.131 e. The molecule has 4 heteroatoms. The minimum atomic E-state index is -0.294. The number of halogens is 1. The van der Waals surface area contributed by atoms with Crippen molar-refractivity contribution in [1.82, 2.24) is 5.32 Å². The molecule has 0 spiro atoms. The first-order valence-electron chi connectivity index (χ1n) is 5.82. The van der Waals surface area contributed by atoms with Gasteiger partial charge in [-0.1, -0.05) is 13.0 Å². The maximum absolute atomic E-state index is 13.8. The summed E-state index contributed by atoms with van der Waals surface area (Å²) in [4.78, 5) is 0. The van der Waals surface area contributed by atoms with Gasteiger partial charge in [0.05, 0.1) is 13.7 Å². The minimum Gasteiger partial charge on any atom is -0.497 e. The van der Waals surface area contributed by atoms with Crippen molar-refractivity contribution in [3.05, 3.63) is 29.6 Å². The molecule has 1 unspecified atom stereocenters. The molecule has 0 aliphatic rings. The smallest absolute Gasteiger partial charge is 0.131 e. The molecule has 0 aromatic heterocycles. The van der Waals surface area contributed by atoms with Gasteiger partial charge in [0, 0.05) is 23.7 Å². The highest BCUT2D eigenvalue weighted by atomic mass is 19.1. The number of aliphatic hydroxyl groups excluding tert-OH is 1. The number of rotatable bonds is 6. The molecule has 96 valence electrons. The molecule has 0 heterocycles. The Morgan fingerprint density at radius 3 is 2.65 bits per heavy atom. The van der Waals surface area contributed by atoms with Crippen molar-refractivity contribution >= 4 is 0 Å². The third kappa shape index (κ3) is 3.68. The molecule has 0 aliphatic carbocycles. The summed E-state index contributed by atoms with van der Waals surface area (Å²) in [6, 6.07) is 4.66. The lowest BCUT2D eigenvalue weighted by molar-refractivity contribution is 0.229. The summed E-state index contributed by atoms with van der Waals surface area (Å²) in [6.45, 7) is 3.91. The summed E-state index contributed by atoms with van der Waals surface area (Å²) in [7, 11) is 1.51. The van der Waals surface area contributed by atoms with E-state index in [2.05, 4.69) is 5.32 Å². The molecule has 0 radical (unpaired) electrons. The molecule has 0 bridgehead atoms. The van der Waals surface area contributed by atoms with E-state index in [1.807, 2.05) is 13.8 Å². The summed E-state index contributed by atoms with van der Waals surface area (Å²) in [6.07, 6.45) is 0.804. The predicted molar refractivity (Wildman–Crippen MR) is 65.7 cm³/mol. The van der Waals surface area contributed by atoms with Gasteiger partial charge < -0.3 is 15.2 Å². The van der Waals surface area contributed by atoms with Crippen LogP contribution in [0.15, 0.2) is 18.2 Å². The fraction of sp³-hybridized carbons (Fsp3) is 0.538. The quantitative estimate of drug-likeness (QED) is 0.802. The van der Waals surface area contributed by atoms with Crippen molar-refractivity contribution < 1.29 is 14.2 Å². The first-order chi connectivity index (χ1) is 8.12. The summed E-state index contributed by atoms with van der Waals surface area (Å²) in [5.74, 6) is 0.213. The van der Waals surface area contributed by atoms with E-state index < -0.39 is 0 Å². The Balaban J connectivity index is 2.78. The van der Waals surface area contributed by atoms with Crippen LogP contribution >= 0.6 is 0 Å². The van der Waals surface area contributed by atoms with E-state index in [-0.39, 0.29) is 24.5 Å². The summed E-state index contributed by atoms with van der Waals surface area (Å²) in [5.41, 5.74) is 0.581. The number of methoxy groups -OCH3 is 1. The zero-order chi connectivity index (χ0) is 12.8. The highest BCUT2D eigenvalue weighted by Gasteiger charge is 2.14. The lowest BCUT2D eigenvalue weighted by atomic mass is 10.1. The fourth-order valence-corrected chi connectivity index (χ4v) is 1.73. The molecule has 1 aromatic rings. The Labute approximate surface area is 102 Å². The second-order valence-electron chi connectivity index (χ2n) is 4.06. The van der Waals surface area contributed by atoms with Crippen molar-refractivity contribution in [2.24, 2.45) is 0 Å². The molecule has 0 saturated carbocycles. The van der Waals surface area contributed by atoms with Crippen molar-refractivity contribution in [2.45, 2.75) is 32.4 Å². The molecular weight excluding hydrogens is 221 g/mol. The van der Waals surface area contributed by atoms with Gasteiger partial charge in [-0.2, -0.15) is 0 Å². The molecule has 0 amide bonds. The van der Waals surface area contributed by atoms with Gasteiger partial charge in [-0.3, -0.25) is 0 Å². The van der Waals surface area contributed by atoms with Gasteiger partial charge in [0.2, 0.25) is 0 Å². The average Bonchev–Trinajstić information content (AvgIpc) is 2.35. The number of nitrogens with one attached hydrogen (secondary N) is 1. The SMILES string of the molecule is CC[C@H](CO)NC(C)c1ccc(OC)cc1F. The highest BCUT2D eigenvalue weighted by Crippen LogP contribution is 2.22. The van der Waals surface area contributed by atoms with Crippen LogP contribution in [0.5, 0.6) is 5.75 Å². The van der Waals surface area contributed by atoms with Crippen molar-refractivity contribution in [3.8, 4) is 5.75 Å². The molecular formula is C13H20FNO2. The molecule has 3 nitrogen and oxygen atoms in total.